The lowest BCUT2D eigenvalue weighted by molar-refractivity contribution is -0.140. The standard InChI is InChI=1S/C11H13FN2O4S2/c1-14(6-10(15)18-2)20(16,17)7-3-4-9(12)8(5-7)11(13)19/h3-5H,6H2,1-2H3,(H2,13,19). The average Bonchev–Trinajstić information content (AvgIpc) is 2.38. The highest BCUT2D eigenvalue weighted by Crippen LogP contribution is 2.18. The number of benzene rings is 1. The van der Waals surface area contributed by atoms with Gasteiger partial charge in [-0.05, 0) is 18.2 Å². The van der Waals surface area contributed by atoms with E-state index in [1.54, 1.807) is 0 Å². The van der Waals surface area contributed by atoms with Crippen molar-refractivity contribution in [3.8, 4) is 0 Å². The molecule has 0 aromatic heterocycles. The van der Waals surface area contributed by atoms with E-state index < -0.39 is 28.4 Å². The zero-order valence-electron chi connectivity index (χ0n) is 10.8. The molecular weight excluding hydrogens is 307 g/mol. The Morgan fingerprint density at radius 2 is 2.10 bits per heavy atom. The van der Waals surface area contributed by atoms with E-state index in [0.717, 1.165) is 29.6 Å². The van der Waals surface area contributed by atoms with Gasteiger partial charge in [-0.2, -0.15) is 4.31 Å². The third-order valence-electron chi connectivity index (χ3n) is 2.49. The fraction of sp³-hybridized carbons (Fsp3) is 0.273. The van der Waals surface area contributed by atoms with Crippen LogP contribution in [-0.2, 0) is 19.6 Å². The van der Waals surface area contributed by atoms with Crippen molar-refractivity contribution < 1.29 is 22.3 Å². The van der Waals surface area contributed by atoms with Crippen molar-refractivity contribution in [3.63, 3.8) is 0 Å². The number of rotatable bonds is 5. The highest BCUT2D eigenvalue weighted by molar-refractivity contribution is 7.89. The third-order valence-corrected chi connectivity index (χ3v) is 4.51. The fourth-order valence-electron chi connectivity index (χ4n) is 1.36. The summed E-state index contributed by atoms with van der Waals surface area (Å²) in [5.41, 5.74) is 5.14. The fourth-order valence-corrected chi connectivity index (χ4v) is 2.66. The lowest BCUT2D eigenvalue weighted by Gasteiger charge is -2.16. The molecule has 0 saturated heterocycles. The quantitative estimate of drug-likeness (QED) is 0.618. The highest BCUT2D eigenvalue weighted by Gasteiger charge is 2.24. The van der Waals surface area contributed by atoms with Gasteiger partial charge < -0.3 is 10.5 Å². The molecule has 0 spiro atoms. The normalized spacial score (nSPS) is 11.4. The summed E-state index contributed by atoms with van der Waals surface area (Å²) >= 11 is 4.64. The van der Waals surface area contributed by atoms with Gasteiger partial charge in [0.15, 0.2) is 0 Å². The minimum atomic E-state index is -3.97. The molecule has 0 fully saturated rings. The predicted molar refractivity (Wildman–Crippen MR) is 74.1 cm³/mol. The summed E-state index contributed by atoms with van der Waals surface area (Å²) in [6.07, 6.45) is 0. The molecule has 1 aromatic carbocycles. The first-order valence-electron chi connectivity index (χ1n) is 5.32. The number of likely N-dealkylation sites (N-methyl/N-ethyl adjacent to an activating group) is 1. The summed E-state index contributed by atoms with van der Waals surface area (Å²) in [5.74, 6) is -1.43. The molecule has 0 amide bonds. The van der Waals surface area contributed by atoms with Crippen LogP contribution in [0.3, 0.4) is 0 Å². The van der Waals surface area contributed by atoms with Gasteiger partial charge >= 0.3 is 5.97 Å². The number of methoxy groups -OCH3 is 1. The molecule has 1 rings (SSSR count). The number of sulfonamides is 1. The largest absolute Gasteiger partial charge is 0.468 e. The lowest BCUT2D eigenvalue weighted by atomic mass is 10.2. The molecule has 9 heteroatoms. The van der Waals surface area contributed by atoms with Crippen LogP contribution in [0.15, 0.2) is 23.1 Å². The van der Waals surface area contributed by atoms with Crippen molar-refractivity contribution in [2.75, 3.05) is 20.7 Å². The number of nitrogens with two attached hydrogens (primary N) is 1. The molecule has 20 heavy (non-hydrogen) atoms. The van der Waals surface area contributed by atoms with Gasteiger partial charge in [-0.15, -0.1) is 0 Å². The highest BCUT2D eigenvalue weighted by atomic mass is 32.2. The van der Waals surface area contributed by atoms with Crippen molar-refractivity contribution in [2.24, 2.45) is 5.73 Å². The van der Waals surface area contributed by atoms with Gasteiger partial charge in [0.25, 0.3) is 0 Å². The summed E-state index contributed by atoms with van der Waals surface area (Å²) in [4.78, 5) is 10.6. The topological polar surface area (TPSA) is 89.7 Å². The maximum atomic E-state index is 13.4. The summed E-state index contributed by atoms with van der Waals surface area (Å²) in [6.45, 7) is -0.460. The SMILES string of the molecule is COC(=O)CN(C)S(=O)(=O)c1ccc(F)c(C(N)=S)c1. The van der Waals surface area contributed by atoms with E-state index in [-0.39, 0.29) is 15.4 Å². The first kappa shape index (κ1) is 16.5. The zero-order valence-corrected chi connectivity index (χ0v) is 12.4. The van der Waals surface area contributed by atoms with E-state index in [9.17, 15) is 17.6 Å². The van der Waals surface area contributed by atoms with Crippen LogP contribution in [0, 0.1) is 5.82 Å². The number of carbonyl (C=O) groups excluding carboxylic acids is 1. The van der Waals surface area contributed by atoms with Crippen LogP contribution < -0.4 is 5.73 Å². The van der Waals surface area contributed by atoms with Gasteiger partial charge in [0, 0.05) is 12.6 Å². The molecule has 0 aliphatic rings. The second-order valence-electron chi connectivity index (χ2n) is 3.84. The van der Waals surface area contributed by atoms with Crippen LogP contribution in [0.25, 0.3) is 0 Å². The van der Waals surface area contributed by atoms with E-state index >= 15 is 0 Å². The molecular formula is C11H13FN2O4S2. The maximum absolute atomic E-state index is 13.4. The lowest BCUT2D eigenvalue weighted by Crippen LogP contribution is -2.33. The predicted octanol–water partition coefficient (Wildman–Crippen LogP) is 0.253. The Morgan fingerprint density at radius 1 is 1.50 bits per heavy atom. The van der Waals surface area contributed by atoms with Crippen molar-refractivity contribution >= 4 is 33.2 Å². The number of carbonyl (C=O) groups is 1. The van der Waals surface area contributed by atoms with Crippen LogP contribution >= 0.6 is 12.2 Å². The summed E-state index contributed by atoms with van der Waals surface area (Å²) < 4.78 is 43.0. The van der Waals surface area contributed by atoms with Crippen molar-refractivity contribution in [1.29, 1.82) is 0 Å². The minimum absolute atomic E-state index is 0.174. The smallest absolute Gasteiger partial charge is 0.321 e. The van der Waals surface area contributed by atoms with E-state index in [1.165, 1.54) is 7.05 Å². The summed E-state index contributed by atoms with van der Waals surface area (Å²) in [5, 5.41) is 0. The monoisotopic (exact) mass is 320 g/mol. The molecule has 0 saturated carbocycles. The molecule has 0 radical (unpaired) electrons. The molecule has 0 aliphatic carbocycles. The first-order valence-corrected chi connectivity index (χ1v) is 7.17. The van der Waals surface area contributed by atoms with Crippen LogP contribution in [0.1, 0.15) is 5.56 Å². The minimum Gasteiger partial charge on any atom is -0.468 e. The van der Waals surface area contributed by atoms with Gasteiger partial charge in [0.2, 0.25) is 10.0 Å². The van der Waals surface area contributed by atoms with Gasteiger partial charge in [-0.3, -0.25) is 4.79 Å². The number of ether oxygens (including phenoxy) is 1. The Bertz CT molecular complexity index is 646. The molecule has 2 N–H and O–H groups in total. The van der Waals surface area contributed by atoms with Gasteiger partial charge in [0.05, 0.1) is 12.0 Å². The van der Waals surface area contributed by atoms with E-state index in [4.69, 9.17) is 5.73 Å². The first-order chi connectivity index (χ1) is 9.20. The van der Waals surface area contributed by atoms with Crippen LogP contribution in [0.4, 0.5) is 4.39 Å². The Hall–Kier alpha value is -1.58. The molecule has 0 bridgehead atoms. The van der Waals surface area contributed by atoms with Gasteiger partial charge in [0.1, 0.15) is 17.4 Å². The van der Waals surface area contributed by atoms with Crippen molar-refractivity contribution in [2.45, 2.75) is 4.90 Å². The Morgan fingerprint density at radius 3 is 2.60 bits per heavy atom. The molecule has 1 aromatic rings. The van der Waals surface area contributed by atoms with Crippen LogP contribution in [0.2, 0.25) is 0 Å². The van der Waals surface area contributed by atoms with E-state index in [2.05, 4.69) is 17.0 Å². The van der Waals surface area contributed by atoms with Crippen molar-refractivity contribution in [1.82, 2.24) is 4.31 Å². The second-order valence-corrected chi connectivity index (χ2v) is 6.33. The zero-order chi connectivity index (χ0) is 15.5. The number of hydrogen-bond acceptors (Lipinski definition) is 5. The summed E-state index contributed by atoms with van der Waals surface area (Å²) in [7, 11) is -1.62. The maximum Gasteiger partial charge on any atom is 0.321 e. The number of thiocarbonyl (C=S) groups is 1. The Kier molecular flexibility index (Phi) is 5.15. The number of hydrogen-bond donors (Lipinski definition) is 1. The molecule has 6 nitrogen and oxygen atoms in total. The van der Waals surface area contributed by atoms with Crippen molar-refractivity contribution in [3.05, 3.63) is 29.6 Å². The molecule has 110 valence electrons. The number of nitrogens with zero attached hydrogens (tertiary/aromatic N) is 1. The molecule has 0 aliphatic heterocycles. The van der Waals surface area contributed by atoms with Gasteiger partial charge in [-0.25, -0.2) is 12.8 Å². The summed E-state index contributed by atoms with van der Waals surface area (Å²) in [6, 6.07) is 3.05. The average molecular weight is 320 g/mol. The molecule has 0 heterocycles. The van der Waals surface area contributed by atoms with Gasteiger partial charge in [-0.1, -0.05) is 12.2 Å². The number of esters is 1. The Labute approximate surface area is 121 Å². The molecule has 0 atom stereocenters. The molecule has 0 unspecified atom stereocenters. The second kappa shape index (κ2) is 6.25. The van der Waals surface area contributed by atoms with E-state index in [0.29, 0.717) is 0 Å². The van der Waals surface area contributed by atoms with Crippen LogP contribution in [-0.4, -0.2) is 44.4 Å². The van der Waals surface area contributed by atoms with E-state index in [1.807, 2.05) is 0 Å². The Balaban J connectivity index is 3.19. The third kappa shape index (κ3) is 3.50. The van der Waals surface area contributed by atoms with Crippen LogP contribution in [0.5, 0.6) is 0 Å². The number of halogens is 1.